The number of nitrogens with zero attached hydrogens (tertiary/aromatic N) is 1. The number of oxazole rings is 1. The Morgan fingerprint density at radius 1 is 1.18 bits per heavy atom. The monoisotopic (exact) mass is 590 g/mol. The summed E-state index contributed by atoms with van der Waals surface area (Å²) in [6.45, 7) is 0.763. The first kappa shape index (κ1) is 28.7. The average molecular weight is 591 g/mol. The Kier molecular flexibility index (Phi) is 8.85. The minimum Gasteiger partial charge on any atom is -0.423 e. The van der Waals surface area contributed by atoms with E-state index in [4.69, 9.17) is 16.0 Å². The van der Waals surface area contributed by atoms with Crippen LogP contribution in [0.15, 0.2) is 40.8 Å². The van der Waals surface area contributed by atoms with Gasteiger partial charge in [0.2, 0.25) is 5.91 Å². The van der Waals surface area contributed by atoms with E-state index in [-0.39, 0.29) is 36.6 Å². The molecule has 2 aliphatic rings. The van der Waals surface area contributed by atoms with Gasteiger partial charge in [-0.25, -0.2) is 12.8 Å². The van der Waals surface area contributed by atoms with Crippen molar-refractivity contribution in [3.05, 3.63) is 52.8 Å². The minimum absolute atomic E-state index is 0.116. The van der Waals surface area contributed by atoms with E-state index in [1.54, 1.807) is 24.3 Å². The molecule has 5 rings (SSSR count). The Hall–Kier alpha value is -2.85. The van der Waals surface area contributed by atoms with Gasteiger partial charge < -0.3 is 20.4 Å². The molecule has 0 saturated heterocycles. The van der Waals surface area contributed by atoms with Crippen molar-refractivity contribution in [3.63, 3.8) is 0 Å². The summed E-state index contributed by atoms with van der Waals surface area (Å²) in [5.41, 5.74) is 2.81. The molecule has 0 radical (unpaired) electrons. The first-order chi connectivity index (χ1) is 19.2. The Morgan fingerprint density at radius 2 is 1.98 bits per heavy atom. The van der Waals surface area contributed by atoms with Crippen LogP contribution in [0.1, 0.15) is 62.8 Å². The molecule has 40 heavy (non-hydrogen) atoms. The van der Waals surface area contributed by atoms with Gasteiger partial charge in [-0.15, -0.1) is 0 Å². The molecule has 1 aliphatic heterocycles. The minimum atomic E-state index is -3.40. The number of amides is 1. The van der Waals surface area contributed by atoms with Crippen molar-refractivity contribution < 1.29 is 22.0 Å². The normalized spacial score (nSPS) is 19.1. The van der Waals surface area contributed by atoms with Gasteiger partial charge in [0.25, 0.3) is 6.01 Å². The molecule has 0 bridgehead atoms. The number of benzene rings is 2. The summed E-state index contributed by atoms with van der Waals surface area (Å²) in [5, 5.41) is 9.25. The summed E-state index contributed by atoms with van der Waals surface area (Å²) >= 11 is 6.08. The second kappa shape index (κ2) is 12.3. The van der Waals surface area contributed by atoms with Gasteiger partial charge in [0.05, 0.1) is 5.25 Å². The Morgan fingerprint density at radius 3 is 2.75 bits per heavy atom. The molecule has 3 aromatic rings. The van der Waals surface area contributed by atoms with Crippen molar-refractivity contribution >= 4 is 50.1 Å². The third kappa shape index (κ3) is 7.07. The maximum atomic E-state index is 13.9. The number of fused-ring (bicyclic) bond motifs is 2. The number of halogens is 2. The smallest absolute Gasteiger partial charge is 0.296 e. The second-order valence-electron chi connectivity index (χ2n) is 11.1. The van der Waals surface area contributed by atoms with Crippen LogP contribution in [-0.2, 0) is 14.6 Å². The number of rotatable bonds is 11. The molecule has 1 amide bonds. The van der Waals surface area contributed by atoms with Crippen molar-refractivity contribution in [2.45, 2.75) is 68.6 Å². The fourth-order valence-corrected chi connectivity index (χ4v) is 7.28. The Balaban J connectivity index is 1.24. The SMILES string of the molecule is CS(=O)(=O)C(CCNC(=O)[C@H](CC1CCCCC1)Nc1nc2ccc(Cl)cc2o1)CC1CNc2ccc(F)cc21. The lowest BCUT2D eigenvalue weighted by molar-refractivity contribution is -0.122. The standard InChI is InChI=1S/C29H36ClFN4O4S/c1-40(37,38)22(14-19-17-33-24-10-8-21(31)16-23(19)24)11-12-32-28(36)26(13-18-5-3-2-4-6-18)35-29-34-25-9-7-20(30)15-27(25)39-29/h7-10,15-16,18-19,22,26,33H,2-6,11-14,17H2,1H3,(H,32,36)(H,34,35)/t19?,22?,26-/m0/s1. The van der Waals surface area contributed by atoms with Crippen molar-refractivity contribution in [3.8, 4) is 0 Å². The topological polar surface area (TPSA) is 113 Å². The lowest BCUT2D eigenvalue weighted by Crippen LogP contribution is -2.42. The predicted molar refractivity (Wildman–Crippen MR) is 156 cm³/mol. The van der Waals surface area contributed by atoms with Gasteiger partial charge >= 0.3 is 0 Å². The number of anilines is 2. The second-order valence-corrected chi connectivity index (χ2v) is 13.9. The van der Waals surface area contributed by atoms with Gasteiger partial charge in [-0.3, -0.25) is 4.79 Å². The average Bonchev–Trinajstić information content (AvgIpc) is 3.50. The van der Waals surface area contributed by atoms with Crippen molar-refractivity contribution in [1.29, 1.82) is 0 Å². The third-order valence-corrected chi connectivity index (χ3v) is 10.0. The number of carbonyl (C=O) groups is 1. The van der Waals surface area contributed by atoms with Crippen LogP contribution < -0.4 is 16.0 Å². The van der Waals surface area contributed by atoms with Gasteiger partial charge in [0.15, 0.2) is 5.58 Å². The highest BCUT2D eigenvalue weighted by Crippen LogP contribution is 2.36. The van der Waals surface area contributed by atoms with Gasteiger partial charge in [-0.05, 0) is 61.1 Å². The summed E-state index contributed by atoms with van der Waals surface area (Å²) < 4.78 is 45.0. The molecule has 8 nitrogen and oxygen atoms in total. The highest BCUT2D eigenvalue weighted by molar-refractivity contribution is 7.91. The van der Waals surface area contributed by atoms with Crippen LogP contribution in [0.2, 0.25) is 5.02 Å². The summed E-state index contributed by atoms with van der Waals surface area (Å²) in [4.78, 5) is 17.9. The number of nitrogens with one attached hydrogen (secondary N) is 3. The third-order valence-electron chi connectivity index (χ3n) is 8.17. The zero-order valence-electron chi connectivity index (χ0n) is 22.6. The lowest BCUT2D eigenvalue weighted by atomic mass is 9.84. The summed E-state index contributed by atoms with van der Waals surface area (Å²) in [7, 11) is -3.40. The number of hydrogen-bond acceptors (Lipinski definition) is 7. The quantitative estimate of drug-likeness (QED) is 0.255. The van der Waals surface area contributed by atoms with E-state index in [9.17, 15) is 17.6 Å². The van der Waals surface area contributed by atoms with Crippen LogP contribution in [0.5, 0.6) is 0 Å². The molecule has 1 fully saturated rings. The molecule has 1 aliphatic carbocycles. The van der Waals surface area contributed by atoms with Gasteiger partial charge in [-0.1, -0.05) is 43.7 Å². The zero-order valence-corrected chi connectivity index (χ0v) is 24.2. The fourth-order valence-electron chi connectivity index (χ4n) is 5.99. The van der Waals surface area contributed by atoms with Gasteiger partial charge in [0.1, 0.15) is 27.2 Å². The molecule has 216 valence electrons. The van der Waals surface area contributed by atoms with Crippen molar-refractivity contribution in [1.82, 2.24) is 10.3 Å². The van der Waals surface area contributed by atoms with Gasteiger partial charge in [0, 0.05) is 42.0 Å². The fraction of sp³-hybridized carbons (Fsp3) is 0.517. The van der Waals surface area contributed by atoms with Crippen LogP contribution >= 0.6 is 11.6 Å². The van der Waals surface area contributed by atoms with Crippen LogP contribution in [0, 0.1) is 11.7 Å². The molecular weight excluding hydrogens is 555 g/mol. The van der Waals surface area contributed by atoms with Crippen molar-refractivity contribution in [2.24, 2.45) is 5.92 Å². The van der Waals surface area contributed by atoms with E-state index in [1.807, 2.05) is 0 Å². The van der Waals surface area contributed by atoms with Crippen LogP contribution in [-0.4, -0.2) is 49.9 Å². The van der Waals surface area contributed by atoms with Crippen LogP contribution in [0.4, 0.5) is 16.1 Å². The number of hydrogen-bond donors (Lipinski definition) is 3. The van der Waals surface area contributed by atoms with E-state index >= 15 is 0 Å². The van der Waals surface area contributed by atoms with Crippen LogP contribution in [0.3, 0.4) is 0 Å². The van der Waals surface area contributed by atoms with Crippen molar-refractivity contribution in [2.75, 3.05) is 30.0 Å². The summed E-state index contributed by atoms with van der Waals surface area (Å²) in [6.07, 6.45) is 8.14. The van der Waals surface area contributed by atoms with Crippen LogP contribution in [0.25, 0.3) is 11.1 Å². The summed E-state index contributed by atoms with van der Waals surface area (Å²) in [6, 6.07) is 9.42. The number of sulfone groups is 1. The molecule has 2 aromatic carbocycles. The maximum Gasteiger partial charge on any atom is 0.296 e. The van der Waals surface area contributed by atoms with E-state index in [0.717, 1.165) is 36.9 Å². The molecule has 1 saturated carbocycles. The summed E-state index contributed by atoms with van der Waals surface area (Å²) in [5.74, 6) is -0.258. The number of carbonyl (C=O) groups excluding carboxylic acids is 1. The Labute approximate surface area is 239 Å². The lowest BCUT2D eigenvalue weighted by Gasteiger charge is -2.26. The molecule has 2 heterocycles. The van der Waals surface area contributed by atoms with E-state index in [1.165, 1.54) is 24.8 Å². The Bertz CT molecular complexity index is 1460. The molecule has 2 unspecified atom stereocenters. The molecular formula is C29H36ClFN4O4S. The first-order valence-electron chi connectivity index (χ1n) is 14.0. The van der Waals surface area contributed by atoms with E-state index in [0.29, 0.717) is 41.4 Å². The van der Waals surface area contributed by atoms with E-state index < -0.39 is 21.1 Å². The number of aromatic nitrogens is 1. The molecule has 1 aromatic heterocycles. The molecule has 3 N–H and O–H groups in total. The predicted octanol–water partition coefficient (Wildman–Crippen LogP) is 5.89. The highest BCUT2D eigenvalue weighted by atomic mass is 35.5. The van der Waals surface area contributed by atoms with E-state index in [2.05, 4.69) is 20.9 Å². The molecule has 11 heteroatoms. The molecule has 3 atom stereocenters. The van der Waals surface area contributed by atoms with Gasteiger partial charge in [-0.2, -0.15) is 4.98 Å². The largest absolute Gasteiger partial charge is 0.423 e. The molecule has 0 spiro atoms. The maximum absolute atomic E-state index is 13.9. The highest BCUT2D eigenvalue weighted by Gasteiger charge is 2.31. The first-order valence-corrected chi connectivity index (χ1v) is 16.3. The zero-order chi connectivity index (χ0) is 28.3.